The second kappa shape index (κ2) is 6.23. The SMILES string of the molecule is NNc1cccc(CSc2nnc3n2CCCCC3)n1. The molecular formula is C13H18N6S. The van der Waals surface area contributed by atoms with Crippen LogP contribution in [0.5, 0.6) is 0 Å². The molecule has 2 aromatic rings. The lowest BCUT2D eigenvalue weighted by molar-refractivity contribution is 0.591. The van der Waals surface area contributed by atoms with Gasteiger partial charge >= 0.3 is 0 Å². The number of thioether (sulfide) groups is 1. The third-order valence-corrected chi connectivity index (χ3v) is 4.38. The molecule has 0 saturated heterocycles. The van der Waals surface area contributed by atoms with Crippen LogP contribution >= 0.6 is 11.8 Å². The number of aromatic nitrogens is 4. The second-order valence-corrected chi connectivity index (χ2v) is 5.75. The Labute approximate surface area is 122 Å². The summed E-state index contributed by atoms with van der Waals surface area (Å²) >= 11 is 1.68. The summed E-state index contributed by atoms with van der Waals surface area (Å²) < 4.78 is 2.25. The van der Waals surface area contributed by atoms with E-state index in [1.807, 2.05) is 18.2 Å². The molecular weight excluding hydrogens is 272 g/mol. The van der Waals surface area contributed by atoms with E-state index >= 15 is 0 Å². The maximum Gasteiger partial charge on any atom is 0.191 e. The van der Waals surface area contributed by atoms with Crippen LogP contribution in [0.3, 0.4) is 0 Å². The smallest absolute Gasteiger partial charge is 0.191 e. The van der Waals surface area contributed by atoms with Crippen LogP contribution in [0.4, 0.5) is 5.82 Å². The molecule has 20 heavy (non-hydrogen) atoms. The van der Waals surface area contributed by atoms with Gasteiger partial charge in [-0.2, -0.15) is 0 Å². The molecule has 0 aliphatic carbocycles. The summed E-state index contributed by atoms with van der Waals surface area (Å²) in [7, 11) is 0. The number of rotatable bonds is 4. The van der Waals surface area contributed by atoms with Gasteiger partial charge in [0.25, 0.3) is 0 Å². The molecule has 2 aromatic heterocycles. The summed E-state index contributed by atoms with van der Waals surface area (Å²) in [6.45, 7) is 1.03. The zero-order chi connectivity index (χ0) is 13.8. The molecule has 3 heterocycles. The lowest BCUT2D eigenvalue weighted by Crippen LogP contribution is -2.09. The maximum absolute atomic E-state index is 5.37. The van der Waals surface area contributed by atoms with Gasteiger partial charge in [0.15, 0.2) is 5.16 Å². The molecule has 7 heteroatoms. The minimum absolute atomic E-state index is 0.683. The molecule has 0 fully saturated rings. The van der Waals surface area contributed by atoms with Crippen LogP contribution in [0, 0.1) is 0 Å². The molecule has 106 valence electrons. The average Bonchev–Trinajstić information content (AvgIpc) is 2.72. The Balaban J connectivity index is 1.70. The fourth-order valence-electron chi connectivity index (χ4n) is 2.34. The minimum Gasteiger partial charge on any atom is -0.308 e. The molecule has 3 N–H and O–H groups in total. The van der Waals surface area contributed by atoms with Gasteiger partial charge in [0.2, 0.25) is 0 Å². The Morgan fingerprint density at radius 3 is 3.10 bits per heavy atom. The number of pyridine rings is 1. The van der Waals surface area contributed by atoms with E-state index in [0.717, 1.165) is 35.4 Å². The summed E-state index contributed by atoms with van der Waals surface area (Å²) in [5, 5.41) is 9.60. The summed E-state index contributed by atoms with van der Waals surface area (Å²) in [5.74, 6) is 7.95. The van der Waals surface area contributed by atoms with Gasteiger partial charge in [-0.1, -0.05) is 24.2 Å². The van der Waals surface area contributed by atoms with Crippen molar-refractivity contribution in [2.75, 3.05) is 5.43 Å². The van der Waals surface area contributed by atoms with Gasteiger partial charge in [-0.05, 0) is 25.0 Å². The van der Waals surface area contributed by atoms with E-state index in [1.54, 1.807) is 11.8 Å². The number of anilines is 1. The third kappa shape index (κ3) is 2.94. The minimum atomic E-state index is 0.683. The first-order chi connectivity index (χ1) is 9.86. The average molecular weight is 290 g/mol. The highest BCUT2D eigenvalue weighted by atomic mass is 32.2. The standard InChI is InChI=1S/C13H18N6S/c14-16-11-6-4-5-10(15-11)9-20-13-18-17-12-7-2-1-3-8-19(12)13/h4-6H,1-3,7-9,14H2,(H,15,16). The quantitative estimate of drug-likeness (QED) is 0.509. The molecule has 0 spiro atoms. The summed E-state index contributed by atoms with van der Waals surface area (Å²) in [6.07, 6.45) is 4.75. The lowest BCUT2D eigenvalue weighted by atomic mass is 10.2. The van der Waals surface area contributed by atoms with Gasteiger partial charge in [-0.25, -0.2) is 10.8 Å². The molecule has 1 aliphatic heterocycles. The van der Waals surface area contributed by atoms with Crippen molar-refractivity contribution in [2.45, 2.75) is 43.1 Å². The summed E-state index contributed by atoms with van der Waals surface area (Å²) in [6, 6.07) is 5.78. The normalized spacial score (nSPS) is 14.7. The third-order valence-electron chi connectivity index (χ3n) is 3.38. The van der Waals surface area contributed by atoms with Crippen LogP contribution in [0.25, 0.3) is 0 Å². The molecule has 0 unspecified atom stereocenters. The van der Waals surface area contributed by atoms with E-state index in [-0.39, 0.29) is 0 Å². The van der Waals surface area contributed by atoms with Gasteiger partial charge < -0.3 is 9.99 Å². The number of nitrogens with one attached hydrogen (secondary N) is 1. The maximum atomic E-state index is 5.37. The van der Waals surface area contributed by atoms with Gasteiger partial charge in [-0.15, -0.1) is 10.2 Å². The van der Waals surface area contributed by atoms with Crippen LogP contribution in [-0.2, 0) is 18.7 Å². The second-order valence-electron chi connectivity index (χ2n) is 4.81. The van der Waals surface area contributed by atoms with E-state index in [0.29, 0.717) is 5.82 Å². The first-order valence-corrected chi connectivity index (χ1v) is 7.83. The largest absolute Gasteiger partial charge is 0.308 e. The molecule has 1 aliphatic rings. The Morgan fingerprint density at radius 2 is 2.20 bits per heavy atom. The highest BCUT2D eigenvalue weighted by molar-refractivity contribution is 7.98. The van der Waals surface area contributed by atoms with Crippen molar-refractivity contribution >= 4 is 17.6 Å². The number of hydrazine groups is 1. The number of nitrogen functional groups attached to an aromatic ring is 1. The summed E-state index contributed by atoms with van der Waals surface area (Å²) in [5.41, 5.74) is 3.55. The van der Waals surface area contributed by atoms with E-state index < -0.39 is 0 Å². The lowest BCUT2D eigenvalue weighted by Gasteiger charge is -2.06. The van der Waals surface area contributed by atoms with Crippen LogP contribution in [0.2, 0.25) is 0 Å². The highest BCUT2D eigenvalue weighted by Gasteiger charge is 2.15. The number of hydrogen-bond donors (Lipinski definition) is 2. The van der Waals surface area contributed by atoms with Crippen molar-refractivity contribution in [3.63, 3.8) is 0 Å². The van der Waals surface area contributed by atoms with Gasteiger partial charge in [0, 0.05) is 18.7 Å². The number of nitrogens with zero attached hydrogens (tertiary/aromatic N) is 4. The molecule has 0 radical (unpaired) electrons. The Kier molecular flexibility index (Phi) is 4.17. The monoisotopic (exact) mass is 290 g/mol. The van der Waals surface area contributed by atoms with Crippen molar-refractivity contribution in [2.24, 2.45) is 5.84 Å². The first-order valence-electron chi connectivity index (χ1n) is 6.84. The van der Waals surface area contributed by atoms with E-state index in [9.17, 15) is 0 Å². The summed E-state index contributed by atoms with van der Waals surface area (Å²) in [4.78, 5) is 4.41. The van der Waals surface area contributed by atoms with Crippen LogP contribution in [0.15, 0.2) is 23.4 Å². The molecule has 0 aromatic carbocycles. The van der Waals surface area contributed by atoms with Crippen molar-refractivity contribution in [1.29, 1.82) is 0 Å². The predicted octanol–water partition coefficient (Wildman–Crippen LogP) is 1.98. The van der Waals surface area contributed by atoms with E-state index in [1.165, 1.54) is 19.3 Å². The molecule has 3 rings (SSSR count). The van der Waals surface area contributed by atoms with Crippen molar-refractivity contribution in [3.8, 4) is 0 Å². The first kappa shape index (κ1) is 13.4. The van der Waals surface area contributed by atoms with Crippen LogP contribution < -0.4 is 11.3 Å². The zero-order valence-corrected chi connectivity index (χ0v) is 12.1. The van der Waals surface area contributed by atoms with E-state index in [4.69, 9.17) is 5.84 Å². The fraction of sp³-hybridized carbons (Fsp3) is 0.462. The van der Waals surface area contributed by atoms with Gasteiger partial charge in [-0.3, -0.25) is 0 Å². The number of hydrogen-bond acceptors (Lipinski definition) is 6. The Bertz CT molecular complexity index is 582. The molecule has 0 atom stereocenters. The molecule has 0 amide bonds. The zero-order valence-electron chi connectivity index (χ0n) is 11.2. The Morgan fingerprint density at radius 1 is 1.25 bits per heavy atom. The van der Waals surface area contributed by atoms with Crippen molar-refractivity contribution < 1.29 is 0 Å². The number of aryl methyl sites for hydroxylation is 1. The van der Waals surface area contributed by atoms with Gasteiger partial charge in [0.05, 0.1) is 5.69 Å². The molecule has 0 bridgehead atoms. The predicted molar refractivity (Wildman–Crippen MR) is 79.2 cm³/mol. The Hall–Kier alpha value is -1.60. The van der Waals surface area contributed by atoms with Crippen molar-refractivity contribution in [1.82, 2.24) is 19.7 Å². The number of nitrogens with two attached hydrogens (primary N) is 1. The van der Waals surface area contributed by atoms with Crippen LogP contribution in [0.1, 0.15) is 30.8 Å². The highest BCUT2D eigenvalue weighted by Crippen LogP contribution is 2.24. The fourth-order valence-corrected chi connectivity index (χ4v) is 3.23. The number of fused-ring (bicyclic) bond motifs is 1. The molecule has 6 nitrogen and oxygen atoms in total. The van der Waals surface area contributed by atoms with E-state index in [2.05, 4.69) is 25.2 Å². The topological polar surface area (TPSA) is 81.6 Å². The van der Waals surface area contributed by atoms with Gasteiger partial charge in [0.1, 0.15) is 11.6 Å². The molecule has 0 saturated carbocycles. The van der Waals surface area contributed by atoms with Crippen LogP contribution in [-0.4, -0.2) is 19.7 Å². The van der Waals surface area contributed by atoms with Crippen molar-refractivity contribution in [3.05, 3.63) is 29.7 Å².